The van der Waals surface area contributed by atoms with Crippen LogP contribution in [0.15, 0.2) is 54.7 Å². The number of benzene rings is 2. The summed E-state index contributed by atoms with van der Waals surface area (Å²) in [6, 6.07) is 14.4. The average Bonchev–Trinajstić information content (AvgIpc) is 3.19. The van der Waals surface area contributed by atoms with Crippen LogP contribution in [-0.4, -0.2) is 35.1 Å². The third kappa shape index (κ3) is 2.60. The number of imide groups is 1. The Kier molecular flexibility index (Phi) is 4.34. The molecule has 0 bridgehead atoms. The second-order valence-corrected chi connectivity index (χ2v) is 7.01. The van der Waals surface area contributed by atoms with Gasteiger partial charge in [0, 0.05) is 35.5 Å². The number of carbonyl (C=O) groups excluding carboxylic acids is 2. The summed E-state index contributed by atoms with van der Waals surface area (Å²) in [5, 5.41) is 12.1. The quantitative estimate of drug-likeness (QED) is 0.501. The van der Waals surface area contributed by atoms with Gasteiger partial charge in [0.05, 0.1) is 12.8 Å². The molecule has 2 heterocycles. The van der Waals surface area contributed by atoms with Gasteiger partial charge in [0.25, 0.3) is 5.91 Å². The van der Waals surface area contributed by atoms with E-state index in [0.29, 0.717) is 16.8 Å². The largest absolute Gasteiger partial charge is 0.452 e. The number of nitrogens with zero attached hydrogens (tertiary/aromatic N) is 3. The van der Waals surface area contributed by atoms with E-state index in [9.17, 15) is 19.7 Å². The highest BCUT2D eigenvalue weighted by molar-refractivity contribution is 6.23. The summed E-state index contributed by atoms with van der Waals surface area (Å²) >= 11 is 0. The van der Waals surface area contributed by atoms with Crippen LogP contribution in [0.2, 0.25) is 0 Å². The molecule has 2 amide bonds. The zero-order chi connectivity index (χ0) is 20.8. The number of methoxy groups -OCH3 is 1. The summed E-state index contributed by atoms with van der Waals surface area (Å²) in [4.78, 5) is 38.0. The number of carbonyl (C=O) groups is 2. The van der Waals surface area contributed by atoms with E-state index < -0.39 is 28.9 Å². The van der Waals surface area contributed by atoms with Gasteiger partial charge in [-0.15, -0.1) is 0 Å². The summed E-state index contributed by atoms with van der Waals surface area (Å²) < 4.78 is 6.72. The van der Waals surface area contributed by atoms with Gasteiger partial charge in [-0.05, 0) is 23.3 Å². The van der Waals surface area contributed by atoms with Crippen LogP contribution in [0.5, 0.6) is 0 Å². The lowest BCUT2D eigenvalue weighted by molar-refractivity contribution is -0.481. The van der Waals surface area contributed by atoms with Crippen LogP contribution in [0.3, 0.4) is 0 Å². The maximum atomic E-state index is 13.7. The molecule has 0 radical (unpaired) electrons. The number of nitro groups is 1. The highest BCUT2D eigenvalue weighted by atomic mass is 16.6. The molecule has 1 aliphatic rings. The molecule has 0 fully saturated rings. The fraction of sp³-hybridized carbons (Fsp3) is 0.238. The first-order valence-corrected chi connectivity index (χ1v) is 9.10. The molecule has 29 heavy (non-hydrogen) atoms. The van der Waals surface area contributed by atoms with Crippen molar-refractivity contribution in [3.05, 3.63) is 76.0 Å². The van der Waals surface area contributed by atoms with Gasteiger partial charge in [-0.3, -0.25) is 14.9 Å². The number of anilines is 1. The first-order chi connectivity index (χ1) is 13.9. The van der Waals surface area contributed by atoms with E-state index in [1.54, 1.807) is 24.3 Å². The van der Waals surface area contributed by atoms with E-state index >= 15 is 0 Å². The third-order valence-corrected chi connectivity index (χ3v) is 5.56. The van der Waals surface area contributed by atoms with Crippen LogP contribution in [0.1, 0.15) is 17.5 Å². The molecule has 148 valence electrons. The van der Waals surface area contributed by atoms with E-state index in [1.807, 2.05) is 42.1 Å². The smallest absolute Gasteiger partial charge is 0.420 e. The molecule has 0 saturated heterocycles. The predicted octanol–water partition coefficient (Wildman–Crippen LogP) is 3.24. The Labute approximate surface area is 166 Å². The fourth-order valence-electron chi connectivity index (χ4n) is 4.29. The van der Waals surface area contributed by atoms with Crippen molar-refractivity contribution in [3.63, 3.8) is 0 Å². The predicted molar refractivity (Wildman–Crippen MR) is 107 cm³/mol. The molecule has 0 unspecified atom stereocenters. The van der Waals surface area contributed by atoms with E-state index in [-0.39, 0.29) is 6.42 Å². The Bertz CT molecular complexity index is 1150. The van der Waals surface area contributed by atoms with Gasteiger partial charge < -0.3 is 9.30 Å². The normalized spacial score (nSPS) is 18.1. The lowest BCUT2D eigenvalue weighted by Gasteiger charge is -2.27. The van der Waals surface area contributed by atoms with Crippen molar-refractivity contribution in [3.8, 4) is 0 Å². The molecule has 0 saturated carbocycles. The summed E-state index contributed by atoms with van der Waals surface area (Å²) in [5.74, 6) is -0.538. The van der Waals surface area contributed by atoms with Crippen LogP contribution < -0.4 is 4.90 Å². The van der Waals surface area contributed by atoms with Crippen LogP contribution in [0, 0.1) is 10.1 Å². The minimum atomic E-state index is -1.36. The lowest BCUT2D eigenvalue weighted by atomic mass is 9.72. The third-order valence-electron chi connectivity index (χ3n) is 5.56. The van der Waals surface area contributed by atoms with Gasteiger partial charge in [-0.2, -0.15) is 0 Å². The summed E-state index contributed by atoms with van der Waals surface area (Å²) in [6.07, 6.45) is 0.933. The Morgan fingerprint density at radius 2 is 1.83 bits per heavy atom. The van der Waals surface area contributed by atoms with Gasteiger partial charge >= 0.3 is 6.09 Å². The molecule has 0 spiro atoms. The van der Waals surface area contributed by atoms with Gasteiger partial charge in [-0.25, -0.2) is 9.69 Å². The molecule has 4 rings (SSSR count). The number of ether oxygens (including phenoxy) is 1. The SMILES string of the molecule is COC(=O)N1C(=O)[C@@](CC[N+](=O)[O-])(c2cn(C)c3ccccc23)c2ccccc21. The minimum Gasteiger partial charge on any atom is -0.452 e. The summed E-state index contributed by atoms with van der Waals surface area (Å²) in [5.41, 5.74) is 1.12. The molecular formula is C21H19N3O5. The number of hydrogen-bond acceptors (Lipinski definition) is 5. The second kappa shape index (κ2) is 6.73. The molecule has 1 aliphatic heterocycles. The molecule has 1 aromatic heterocycles. The van der Waals surface area contributed by atoms with E-state index in [0.717, 1.165) is 15.8 Å². The van der Waals surface area contributed by atoms with Gasteiger partial charge in [-0.1, -0.05) is 36.4 Å². The van der Waals surface area contributed by atoms with Crippen molar-refractivity contribution < 1.29 is 19.2 Å². The average molecular weight is 393 g/mol. The Morgan fingerprint density at radius 3 is 2.55 bits per heavy atom. The van der Waals surface area contributed by atoms with Crippen LogP contribution in [0.4, 0.5) is 10.5 Å². The van der Waals surface area contributed by atoms with Crippen LogP contribution in [0.25, 0.3) is 10.9 Å². The highest BCUT2D eigenvalue weighted by Crippen LogP contribution is 2.50. The van der Waals surface area contributed by atoms with Crippen molar-refractivity contribution in [2.24, 2.45) is 7.05 Å². The molecule has 1 atom stereocenters. The number of rotatable bonds is 4. The van der Waals surface area contributed by atoms with Crippen LogP contribution >= 0.6 is 0 Å². The fourth-order valence-corrected chi connectivity index (χ4v) is 4.29. The molecule has 8 nitrogen and oxygen atoms in total. The number of amides is 2. The van der Waals surface area contributed by atoms with Gasteiger partial charge in [0.1, 0.15) is 5.41 Å². The molecule has 3 aromatic rings. The van der Waals surface area contributed by atoms with Gasteiger partial charge in [0.15, 0.2) is 0 Å². The maximum absolute atomic E-state index is 13.7. The van der Waals surface area contributed by atoms with Crippen molar-refractivity contribution in [2.75, 3.05) is 18.6 Å². The molecule has 8 heteroatoms. The van der Waals surface area contributed by atoms with Crippen LogP contribution in [-0.2, 0) is 22.0 Å². The second-order valence-electron chi connectivity index (χ2n) is 7.01. The highest BCUT2D eigenvalue weighted by Gasteiger charge is 2.56. The lowest BCUT2D eigenvalue weighted by Crippen LogP contribution is -2.45. The standard InChI is InChI=1S/C21H19N3O5/c1-22-13-16(14-7-3-5-9-17(14)22)21(11-12-23(27)28)15-8-4-6-10-18(15)24(19(21)25)20(26)29-2/h3-10,13H,11-12H2,1-2H3/t21-/m1/s1. The number of para-hydroxylation sites is 2. The van der Waals surface area contributed by atoms with Gasteiger partial charge in [0.2, 0.25) is 6.54 Å². The topological polar surface area (TPSA) is 94.7 Å². The van der Waals surface area contributed by atoms with Crippen molar-refractivity contribution >= 4 is 28.6 Å². The summed E-state index contributed by atoms with van der Waals surface area (Å²) in [7, 11) is 3.06. The van der Waals surface area contributed by atoms with Crippen molar-refractivity contribution in [1.82, 2.24) is 4.57 Å². The van der Waals surface area contributed by atoms with Crippen molar-refractivity contribution in [2.45, 2.75) is 11.8 Å². The summed E-state index contributed by atoms with van der Waals surface area (Å²) in [6.45, 7) is -0.418. The minimum absolute atomic E-state index is 0.0721. The monoisotopic (exact) mass is 393 g/mol. The zero-order valence-electron chi connectivity index (χ0n) is 16.0. The Balaban J connectivity index is 2.05. The zero-order valence-corrected chi connectivity index (χ0v) is 16.0. The first kappa shape index (κ1) is 18.7. The number of aryl methyl sites for hydroxylation is 1. The Morgan fingerprint density at radius 1 is 1.14 bits per heavy atom. The first-order valence-electron chi connectivity index (χ1n) is 9.10. The number of aromatic nitrogens is 1. The molecular weight excluding hydrogens is 374 g/mol. The van der Waals surface area contributed by atoms with E-state index in [4.69, 9.17) is 4.74 Å². The number of hydrogen-bond donors (Lipinski definition) is 0. The maximum Gasteiger partial charge on any atom is 0.420 e. The van der Waals surface area contributed by atoms with E-state index in [2.05, 4.69) is 0 Å². The molecule has 2 aromatic carbocycles. The van der Waals surface area contributed by atoms with Crippen molar-refractivity contribution in [1.29, 1.82) is 0 Å². The molecule has 0 aliphatic carbocycles. The Hall–Kier alpha value is -3.68. The molecule has 0 N–H and O–H groups in total. The number of fused-ring (bicyclic) bond motifs is 2. The van der Waals surface area contributed by atoms with E-state index in [1.165, 1.54) is 7.11 Å².